The normalized spacial score (nSPS) is 21.7. The first-order valence-electron chi connectivity index (χ1n) is 7.77. The van der Waals surface area contributed by atoms with Crippen LogP contribution in [0, 0.1) is 5.92 Å². The Morgan fingerprint density at radius 2 is 1.95 bits per heavy atom. The van der Waals surface area contributed by atoms with E-state index < -0.39 is 12.8 Å². The summed E-state index contributed by atoms with van der Waals surface area (Å²) in [5, 5.41) is 3.53. The van der Waals surface area contributed by atoms with Gasteiger partial charge in [-0.3, -0.25) is 0 Å². The first kappa shape index (κ1) is 18.7. The van der Waals surface area contributed by atoms with Crippen molar-refractivity contribution >= 4 is 0 Å². The quantitative estimate of drug-likeness (QED) is 0.732. The van der Waals surface area contributed by atoms with Gasteiger partial charge in [-0.15, -0.1) is 0 Å². The number of rotatable bonds is 7. The van der Waals surface area contributed by atoms with E-state index in [1.54, 1.807) is 0 Å². The van der Waals surface area contributed by atoms with E-state index in [1.807, 2.05) is 0 Å². The molecule has 0 amide bonds. The minimum absolute atomic E-state index is 0.133. The van der Waals surface area contributed by atoms with Gasteiger partial charge >= 0.3 is 6.18 Å². The molecule has 6 heteroatoms. The van der Waals surface area contributed by atoms with Crippen LogP contribution in [0.15, 0.2) is 0 Å². The van der Waals surface area contributed by atoms with Gasteiger partial charge in [0.25, 0.3) is 0 Å². The van der Waals surface area contributed by atoms with E-state index >= 15 is 0 Å². The molecule has 0 aliphatic carbocycles. The van der Waals surface area contributed by atoms with E-state index in [0.717, 1.165) is 26.2 Å². The maximum absolute atomic E-state index is 11.9. The molecule has 0 aromatic heterocycles. The van der Waals surface area contributed by atoms with Crippen molar-refractivity contribution in [3.8, 4) is 0 Å². The van der Waals surface area contributed by atoms with Crippen LogP contribution in [0.25, 0.3) is 0 Å². The summed E-state index contributed by atoms with van der Waals surface area (Å²) in [6, 6.07) is 0. The lowest BCUT2D eigenvalue weighted by atomic mass is 9.96. The smallest absolute Gasteiger partial charge is 0.372 e. The van der Waals surface area contributed by atoms with Crippen molar-refractivity contribution in [1.29, 1.82) is 0 Å². The summed E-state index contributed by atoms with van der Waals surface area (Å²) < 4.78 is 40.4. The van der Waals surface area contributed by atoms with Gasteiger partial charge in [0, 0.05) is 25.2 Å². The molecular weight excluding hydrogens is 281 g/mol. The summed E-state index contributed by atoms with van der Waals surface area (Å²) >= 11 is 0. The summed E-state index contributed by atoms with van der Waals surface area (Å²) in [5.74, 6) is 0.633. The van der Waals surface area contributed by atoms with Gasteiger partial charge in [0.15, 0.2) is 0 Å². The lowest BCUT2D eigenvalue weighted by molar-refractivity contribution is -0.174. The van der Waals surface area contributed by atoms with E-state index in [2.05, 4.69) is 35.7 Å². The SMILES string of the molecule is CC(C)(C)NCC1CCCN(CCCOCC(F)(F)F)C1. The van der Waals surface area contributed by atoms with Gasteiger partial charge in [0.2, 0.25) is 0 Å². The van der Waals surface area contributed by atoms with E-state index in [-0.39, 0.29) is 12.1 Å². The number of hydrogen-bond acceptors (Lipinski definition) is 3. The number of nitrogens with one attached hydrogen (secondary N) is 1. The molecule has 1 saturated heterocycles. The summed E-state index contributed by atoms with van der Waals surface area (Å²) in [6.07, 6.45) is -1.16. The van der Waals surface area contributed by atoms with E-state index in [0.29, 0.717) is 12.3 Å². The molecule has 0 spiro atoms. The molecule has 126 valence electrons. The monoisotopic (exact) mass is 310 g/mol. The molecule has 0 saturated carbocycles. The molecule has 1 heterocycles. The Hall–Kier alpha value is -0.330. The zero-order valence-corrected chi connectivity index (χ0v) is 13.4. The minimum atomic E-state index is -4.21. The molecule has 0 aromatic rings. The van der Waals surface area contributed by atoms with Crippen LogP contribution in [-0.2, 0) is 4.74 Å². The topological polar surface area (TPSA) is 24.5 Å². The van der Waals surface area contributed by atoms with Gasteiger partial charge in [-0.05, 0) is 59.0 Å². The van der Waals surface area contributed by atoms with Crippen LogP contribution in [0.1, 0.15) is 40.0 Å². The van der Waals surface area contributed by atoms with Crippen LogP contribution >= 0.6 is 0 Å². The Balaban J connectivity index is 2.12. The molecule has 21 heavy (non-hydrogen) atoms. The second-order valence-electron chi connectivity index (χ2n) is 6.96. The van der Waals surface area contributed by atoms with E-state index in [1.165, 1.54) is 12.8 Å². The molecule has 0 bridgehead atoms. The van der Waals surface area contributed by atoms with Crippen molar-refractivity contribution in [3.63, 3.8) is 0 Å². The third-order valence-corrected chi connectivity index (χ3v) is 3.55. The largest absolute Gasteiger partial charge is 0.411 e. The molecule has 1 atom stereocenters. The fourth-order valence-corrected chi connectivity index (χ4v) is 2.55. The maximum atomic E-state index is 11.9. The average molecular weight is 310 g/mol. The highest BCUT2D eigenvalue weighted by molar-refractivity contribution is 4.78. The van der Waals surface area contributed by atoms with Crippen molar-refractivity contribution in [2.24, 2.45) is 5.92 Å². The minimum Gasteiger partial charge on any atom is -0.372 e. The van der Waals surface area contributed by atoms with E-state index in [4.69, 9.17) is 0 Å². The molecular formula is C15H29F3N2O. The predicted octanol–water partition coefficient (Wildman–Crippen LogP) is 3.06. The number of hydrogen-bond donors (Lipinski definition) is 1. The number of ether oxygens (including phenoxy) is 1. The summed E-state index contributed by atoms with van der Waals surface area (Å²) in [6.45, 7) is 9.43. The molecule has 1 aliphatic heterocycles. The molecule has 0 radical (unpaired) electrons. The van der Waals surface area contributed by atoms with Gasteiger partial charge in [-0.25, -0.2) is 0 Å². The molecule has 1 N–H and O–H groups in total. The number of piperidine rings is 1. The summed E-state index contributed by atoms with van der Waals surface area (Å²) in [4.78, 5) is 2.34. The number of likely N-dealkylation sites (tertiary alicyclic amines) is 1. The first-order valence-corrected chi connectivity index (χ1v) is 7.77. The Bertz CT molecular complexity index is 290. The van der Waals surface area contributed by atoms with Crippen molar-refractivity contribution in [3.05, 3.63) is 0 Å². The third kappa shape index (κ3) is 10.1. The van der Waals surface area contributed by atoms with E-state index in [9.17, 15) is 13.2 Å². The van der Waals surface area contributed by atoms with Gasteiger partial charge in [-0.2, -0.15) is 13.2 Å². The third-order valence-electron chi connectivity index (χ3n) is 3.55. The van der Waals surface area contributed by atoms with Gasteiger partial charge in [0.1, 0.15) is 6.61 Å². The lowest BCUT2D eigenvalue weighted by Crippen LogP contribution is -2.44. The summed E-state index contributed by atoms with van der Waals surface area (Å²) in [5.41, 5.74) is 0.133. The number of halogens is 3. The van der Waals surface area contributed by atoms with Crippen molar-refractivity contribution in [1.82, 2.24) is 10.2 Å². The van der Waals surface area contributed by atoms with Crippen molar-refractivity contribution in [2.45, 2.75) is 51.7 Å². The number of alkyl halides is 3. The maximum Gasteiger partial charge on any atom is 0.411 e. The summed E-state index contributed by atoms with van der Waals surface area (Å²) in [7, 11) is 0. The van der Waals surface area contributed by atoms with Crippen LogP contribution < -0.4 is 5.32 Å². The fourth-order valence-electron chi connectivity index (χ4n) is 2.55. The average Bonchev–Trinajstić information content (AvgIpc) is 2.34. The Morgan fingerprint density at radius 3 is 2.57 bits per heavy atom. The highest BCUT2D eigenvalue weighted by Crippen LogP contribution is 2.17. The molecule has 0 aromatic carbocycles. The molecule has 1 rings (SSSR count). The van der Waals surface area contributed by atoms with Crippen LogP contribution in [0.3, 0.4) is 0 Å². The molecule has 1 unspecified atom stereocenters. The van der Waals surface area contributed by atoms with Gasteiger partial charge < -0.3 is 15.0 Å². The van der Waals surface area contributed by atoms with Crippen LogP contribution in [0.5, 0.6) is 0 Å². The van der Waals surface area contributed by atoms with Crippen LogP contribution in [0.4, 0.5) is 13.2 Å². The fraction of sp³-hybridized carbons (Fsp3) is 1.00. The first-order chi connectivity index (χ1) is 9.66. The van der Waals surface area contributed by atoms with Crippen LogP contribution in [-0.4, -0.2) is 56.0 Å². The Labute approximate surface area is 126 Å². The highest BCUT2D eigenvalue weighted by atomic mass is 19.4. The van der Waals surface area contributed by atoms with Crippen molar-refractivity contribution in [2.75, 3.05) is 39.4 Å². The molecule has 1 aliphatic rings. The Kier molecular flexibility index (Phi) is 7.44. The standard InChI is InChI=1S/C15H29F3N2O/c1-14(2,3)19-10-13-6-4-7-20(11-13)8-5-9-21-12-15(16,17)18/h13,19H,4-12H2,1-3H3. The zero-order valence-electron chi connectivity index (χ0n) is 13.4. The molecule has 3 nitrogen and oxygen atoms in total. The zero-order chi connectivity index (χ0) is 15.9. The van der Waals surface area contributed by atoms with Gasteiger partial charge in [-0.1, -0.05) is 0 Å². The lowest BCUT2D eigenvalue weighted by Gasteiger charge is -2.34. The molecule has 1 fully saturated rings. The Morgan fingerprint density at radius 1 is 1.24 bits per heavy atom. The number of nitrogens with zero attached hydrogens (tertiary/aromatic N) is 1. The predicted molar refractivity (Wildman–Crippen MR) is 78.4 cm³/mol. The second-order valence-corrected chi connectivity index (χ2v) is 6.96. The second kappa shape index (κ2) is 8.34. The highest BCUT2D eigenvalue weighted by Gasteiger charge is 2.27. The van der Waals surface area contributed by atoms with Crippen LogP contribution in [0.2, 0.25) is 0 Å². The van der Waals surface area contributed by atoms with Crippen molar-refractivity contribution < 1.29 is 17.9 Å². The van der Waals surface area contributed by atoms with Gasteiger partial charge in [0.05, 0.1) is 0 Å².